The molecule has 1 heterocycles. The van der Waals surface area contributed by atoms with Crippen LogP contribution in [0.3, 0.4) is 0 Å². The van der Waals surface area contributed by atoms with Crippen molar-refractivity contribution < 1.29 is 0 Å². The molecule has 0 saturated heterocycles. The summed E-state index contributed by atoms with van der Waals surface area (Å²) in [4.78, 5) is 2.65. The van der Waals surface area contributed by atoms with E-state index in [-0.39, 0.29) is 0 Å². The highest BCUT2D eigenvalue weighted by atomic mass is 79.9. The fourth-order valence-corrected chi connectivity index (χ4v) is 3.91. The van der Waals surface area contributed by atoms with E-state index in [1.165, 1.54) is 15.3 Å². The molecule has 1 aromatic carbocycles. The molecule has 1 unspecified atom stereocenters. The summed E-state index contributed by atoms with van der Waals surface area (Å²) in [7, 11) is 2.02. The van der Waals surface area contributed by atoms with Crippen molar-refractivity contribution >= 4 is 38.9 Å². The maximum absolute atomic E-state index is 6.03. The van der Waals surface area contributed by atoms with Crippen LogP contribution in [0.4, 0.5) is 0 Å². The van der Waals surface area contributed by atoms with Gasteiger partial charge in [0.1, 0.15) is 0 Å². The Labute approximate surface area is 132 Å². The van der Waals surface area contributed by atoms with Crippen molar-refractivity contribution in [3.8, 4) is 10.4 Å². The predicted octanol–water partition coefficient (Wildman–Crippen LogP) is 5.75. The van der Waals surface area contributed by atoms with Crippen LogP contribution < -0.4 is 5.32 Å². The van der Waals surface area contributed by atoms with Crippen molar-refractivity contribution in [1.29, 1.82) is 0 Å². The van der Waals surface area contributed by atoms with E-state index in [1.54, 1.807) is 0 Å². The van der Waals surface area contributed by atoms with Crippen molar-refractivity contribution in [2.45, 2.75) is 19.9 Å². The van der Waals surface area contributed by atoms with Crippen molar-refractivity contribution in [2.24, 2.45) is 5.92 Å². The van der Waals surface area contributed by atoms with E-state index in [1.807, 2.05) is 24.5 Å². The average molecular weight is 359 g/mol. The quantitative estimate of drug-likeness (QED) is 0.734. The number of thiophene rings is 1. The van der Waals surface area contributed by atoms with Crippen LogP contribution in [-0.2, 0) is 0 Å². The van der Waals surface area contributed by atoms with Gasteiger partial charge in [0.25, 0.3) is 0 Å². The molecule has 1 atom stereocenters. The van der Waals surface area contributed by atoms with Gasteiger partial charge in [-0.1, -0.05) is 31.5 Å². The van der Waals surface area contributed by atoms with Gasteiger partial charge in [-0.3, -0.25) is 0 Å². The number of benzene rings is 1. The third-order valence-corrected chi connectivity index (χ3v) is 5.55. The van der Waals surface area contributed by atoms with Gasteiger partial charge in [-0.15, -0.1) is 11.3 Å². The summed E-state index contributed by atoms with van der Waals surface area (Å²) in [5.74, 6) is 0.577. The first-order valence-corrected chi connectivity index (χ1v) is 8.24. The van der Waals surface area contributed by atoms with E-state index in [9.17, 15) is 0 Å². The minimum absolute atomic E-state index is 0.412. The van der Waals surface area contributed by atoms with E-state index in [4.69, 9.17) is 11.6 Å². The topological polar surface area (TPSA) is 12.0 Å². The van der Waals surface area contributed by atoms with Gasteiger partial charge in [0.2, 0.25) is 0 Å². The summed E-state index contributed by atoms with van der Waals surface area (Å²) in [6.45, 7) is 4.47. The number of nitrogens with one attached hydrogen (secondary N) is 1. The molecule has 4 heteroatoms. The molecule has 1 N–H and O–H groups in total. The van der Waals surface area contributed by atoms with Gasteiger partial charge < -0.3 is 5.32 Å². The zero-order valence-electron chi connectivity index (χ0n) is 11.2. The zero-order valence-corrected chi connectivity index (χ0v) is 14.4. The first kappa shape index (κ1) is 15.0. The Hall–Kier alpha value is -0.350. The third kappa shape index (κ3) is 3.40. The van der Waals surface area contributed by atoms with Gasteiger partial charge in [-0.05, 0) is 58.7 Å². The van der Waals surface area contributed by atoms with E-state index in [0.717, 1.165) is 9.50 Å². The van der Waals surface area contributed by atoms with Crippen LogP contribution in [0.25, 0.3) is 10.4 Å². The fraction of sp³-hybridized carbons (Fsp3) is 0.333. The fourth-order valence-electron chi connectivity index (χ4n) is 2.13. The molecular weight excluding hydrogens is 342 g/mol. The van der Waals surface area contributed by atoms with Gasteiger partial charge in [0, 0.05) is 20.3 Å². The molecule has 0 fully saturated rings. The molecule has 0 radical (unpaired) electrons. The number of hydrogen-bond acceptors (Lipinski definition) is 2. The molecular formula is C15H17BrClNS. The Bertz CT molecular complexity index is 565. The van der Waals surface area contributed by atoms with Crippen molar-refractivity contribution in [3.05, 3.63) is 44.7 Å². The zero-order chi connectivity index (χ0) is 14.0. The lowest BCUT2D eigenvalue weighted by molar-refractivity contribution is 0.449. The second kappa shape index (κ2) is 6.40. The summed E-state index contributed by atoms with van der Waals surface area (Å²) in [5, 5.41) is 4.13. The Morgan fingerprint density at radius 3 is 2.53 bits per heavy atom. The van der Waals surface area contributed by atoms with Gasteiger partial charge in [-0.25, -0.2) is 0 Å². The first-order valence-electron chi connectivity index (χ1n) is 6.25. The summed E-state index contributed by atoms with van der Waals surface area (Å²) >= 11 is 11.3. The van der Waals surface area contributed by atoms with Gasteiger partial charge in [-0.2, -0.15) is 0 Å². The minimum Gasteiger partial charge on any atom is -0.312 e. The summed E-state index contributed by atoms with van der Waals surface area (Å²) in [6.07, 6.45) is 0. The lowest BCUT2D eigenvalue weighted by Crippen LogP contribution is -2.20. The highest BCUT2D eigenvalue weighted by Crippen LogP contribution is 2.36. The van der Waals surface area contributed by atoms with Crippen molar-refractivity contribution in [3.63, 3.8) is 0 Å². The Kier molecular flexibility index (Phi) is 5.07. The lowest BCUT2D eigenvalue weighted by Gasteiger charge is -2.18. The molecule has 0 aliphatic carbocycles. The maximum atomic E-state index is 6.03. The van der Waals surface area contributed by atoms with E-state index >= 15 is 0 Å². The molecule has 0 spiro atoms. The molecule has 102 valence electrons. The molecule has 1 nitrogen and oxygen atoms in total. The number of hydrogen-bond donors (Lipinski definition) is 1. The summed E-state index contributed by atoms with van der Waals surface area (Å²) in [5.41, 5.74) is 1.20. The van der Waals surface area contributed by atoms with Crippen LogP contribution in [-0.4, -0.2) is 7.05 Å². The van der Waals surface area contributed by atoms with Crippen LogP contribution in [0, 0.1) is 5.92 Å². The number of rotatable bonds is 4. The normalized spacial score (nSPS) is 12.9. The largest absolute Gasteiger partial charge is 0.312 e. The lowest BCUT2D eigenvalue weighted by atomic mass is 10.0. The molecule has 0 bridgehead atoms. The molecule has 2 rings (SSSR count). The van der Waals surface area contributed by atoms with Crippen molar-refractivity contribution in [1.82, 2.24) is 5.32 Å². The minimum atomic E-state index is 0.412. The van der Waals surface area contributed by atoms with Gasteiger partial charge in [0.15, 0.2) is 0 Å². The molecule has 0 amide bonds. The second-order valence-electron chi connectivity index (χ2n) is 4.84. The summed E-state index contributed by atoms with van der Waals surface area (Å²) < 4.78 is 0.940. The van der Waals surface area contributed by atoms with E-state index in [2.05, 4.69) is 59.4 Å². The molecule has 0 aliphatic rings. The van der Waals surface area contributed by atoms with Crippen LogP contribution >= 0.6 is 38.9 Å². The van der Waals surface area contributed by atoms with E-state index < -0.39 is 0 Å². The predicted molar refractivity (Wildman–Crippen MR) is 89.1 cm³/mol. The smallest absolute Gasteiger partial charge is 0.0548 e. The van der Waals surface area contributed by atoms with Crippen LogP contribution in [0.1, 0.15) is 24.8 Å². The third-order valence-electron chi connectivity index (χ3n) is 3.12. The van der Waals surface area contributed by atoms with Crippen LogP contribution in [0.2, 0.25) is 5.02 Å². The van der Waals surface area contributed by atoms with Crippen LogP contribution in [0.5, 0.6) is 0 Å². The highest BCUT2D eigenvalue weighted by Gasteiger charge is 2.16. The highest BCUT2D eigenvalue weighted by molar-refractivity contribution is 9.10. The molecule has 2 aromatic rings. The Balaban J connectivity index is 2.32. The SMILES string of the molecule is CNC(c1ccc(-c2ccc(Cl)c(Br)c2)s1)C(C)C. The van der Waals surface area contributed by atoms with Crippen molar-refractivity contribution in [2.75, 3.05) is 7.05 Å². The van der Waals surface area contributed by atoms with Crippen LogP contribution in [0.15, 0.2) is 34.8 Å². The first-order chi connectivity index (χ1) is 9.02. The van der Waals surface area contributed by atoms with Gasteiger partial charge in [0.05, 0.1) is 5.02 Å². The standard InChI is InChI=1S/C15H17BrClNS/c1-9(2)15(18-3)14-7-6-13(19-14)10-4-5-12(17)11(16)8-10/h4-9,15,18H,1-3H3. The monoisotopic (exact) mass is 357 g/mol. The Morgan fingerprint density at radius 1 is 1.21 bits per heavy atom. The number of halogens is 2. The molecule has 0 saturated carbocycles. The molecule has 0 aliphatic heterocycles. The molecule has 1 aromatic heterocycles. The average Bonchev–Trinajstić information content (AvgIpc) is 2.82. The van der Waals surface area contributed by atoms with Gasteiger partial charge >= 0.3 is 0 Å². The van der Waals surface area contributed by atoms with E-state index in [0.29, 0.717) is 12.0 Å². The molecule has 19 heavy (non-hydrogen) atoms. The summed E-state index contributed by atoms with van der Waals surface area (Å²) in [6, 6.07) is 10.9. The Morgan fingerprint density at radius 2 is 1.95 bits per heavy atom. The maximum Gasteiger partial charge on any atom is 0.0548 e. The second-order valence-corrected chi connectivity index (χ2v) is 7.22.